The number of nitrogens with zero attached hydrogens (tertiary/aromatic N) is 2. The maximum Gasteiger partial charge on any atom is 0.339 e. The zero-order valence-corrected chi connectivity index (χ0v) is 10.9. The maximum atomic E-state index is 11.1. The molecule has 1 unspecified atom stereocenters. The number of nitrogens with one attached hydrogen (secondary N) is 1. The van der Waals surface area contributed by atoms with Crippen molar-refractivity contribution in [2.45, 2.75) is 39.2 Å². The summed E-state index contributed by atoms with van der Waals surface area (Å²) in [6.45, 7) is 4.02. The van der Waals surface area contributed by atoms with Gasteiger partial charge >= 0.3 is 5.97 Å². The Bertz CT molecular complexity index is 476. The number of aromatic carboxylic acids is 1. The number of carboxylic acid groups (broad SMARTS) is 1. The van der Waals surface area contributed by atoms with Crippen molar-refractivity contribution in [1.82, 2.24) is 4.98 Å². The van der Waals surface area contributed by atoms with Gasteiger partial charge in [0.15, 0.2) is 0 Å². The summed E-state index contributed by atoms with van der Waals surface area (Å²) in [6.07, 6.45) is 3.73. The minimum atomic E-state index is -1.23. The van der Waals surface area contributed by atoms with E-state index in [1.807, 2.05) is 13.8 Å². The van der Waals surface area contributed by atoms with Crippen LogP contribution in [0, 0.1) is 10.1 Å². The first-order valence-electron chi connectivity index (χ1n) is 6.13. The van der Waals surface area contributed by atoms with E-state index < -0.39 is 10.9 Å². The number of hydrogen-bond acceptors (Lipinski definition) is 5. The fraction of sp³-hybridized carbons (Fsp3) is 0.500. The van der Waals surface area contributed by atoms with Gasteiger partial charge < -0.3 is 10.4 Å². The molecule has 0 aliphatic rings. The van der Waals surface area contributed by atoms with Crippen molar-refractivity contribution in [2.75, 3.05) is 5.32 Å². The molecule has 0 bridgehead atoms. The minimum Gasteiger partial charge on any atom is -0.478 e. The standard InChI is InChI=1S/C12H17N3O4/c1-3-5-8(4-2)14-11-10(12(16)17)6-9(7-13-11)15(18)19/h6-8H,3-5H2,1-2H3,(H,13,14)(H,16,17). The maximum absolute atomic E-state index is 11.1. The molecule has 7 nitrogen and oxygen atoms in total. The van der Waals surface area contributed by atoms with Crippen molar-refractivity contribution < 1.29 is 14.8 Å². The molecular formula is C12H17N3O4. The van der Waals surface area contributed by atoms with E-state index in [4.69, 9.17) is 5.11 Å². The Morgan fingerprint density at radius 2 is 2.26 bits per heavy atom. The first-order chi connectivity index (χ1) is 8.99. The third-order valence-corrected chi connectivity index (χ3v) is 2.79. The topological polar surface area (TPSA) is 105 Å². The van der Waals surface area contributed by atoms with E-state index in [-0.39, 0.29) is 23.1 Å². The summed E-state index contributed by atoms with van der Waals surface area (Å²) >= 11 is 0. The molecule has 0 saturated heterocycles. The van der Waals surface area contributed by atoms with Gasteiger partial charge in [-0.15, -0.1) is 0 Å². The lowest BCUT2D eigenvalue weighted by atomic mass is 10.1. The van der Waals surface area contributed by atoms with Gasteiger partial charge in [-0.3, -0.25) is 10.1 Å². The van der Waals surface area contributed by atoms with Crippen molar-refractivity contribution >= 4 is 17.5 Å². The molecule has 0 saturated carbocycles. The Labute approximate surface area is 110 Å². The molecule has 1 heterocycles. The molecule has 0 aromatic carbocycles. The van der Waals surface area contributed by atoms with Crippen LogP contribution in [-0.4, -0.2) is 27.0 Å². The second-order valence-corrected chi connectivity index (χ2v) is 4.19. The van der Waals surface area contributed by atoms with Gasteiger partial charge in [-0.1, -0.05) is 20.3 Å². The van der Waals surface area contributed by atoms with E-state index in [0.29, 0.717) is 0 Å². The van der Waals surface area contributed by atoms with Crippen LogP contribution in [0.2, 0.25) is 0 Å². The van der Waals surface area contributed by atoms with Gasteiger partial charge in [0.2, 0.25) is 0 Å². The van der Waals surface area contributed by atoms with E-state index in [1.165, 1.54) is 0 Å². The number of pyridine rings is 1. The number of carbonyl (C=O) groups is 1. The number of nitro groups is 1. The molecule has 0 fully saturated rings. The van der Waals surface area contributed by atoms with Crippen LogP contribution in [0.1, 0.15) is 43.5 Å². The first-order valence-corrected chi connectivity index (χ1v) is 6.13. The number of hydrogen-bond donors (Lipinski definition) is 2. The normalized spacial score (nSPS) is 11.9. The molecule has 0 aliphatic carbocycles. The Hall–Kier alpha value is -2.18. The Balaban J connectivity index is 3.06. The molecule has 19 heavy (non-hydrogen) atoms. The van der Waals surface area contributed by atoms with Gasteiger partial charge in [0.25, 0.3) is 5.69 Å². The monoisotopic (exact) mass is 267 g/mol. The van der Waals surface area contributed by atoms with Crippen LogP contribution >= 0.6 is 0 Å². The van der Waals surface area contributed by atoms with Crippen LogP contribution in [0.25, 0.3) is 0 Å². The number of anilines is 1. The highest BCUT2D eigenvalue weighted by Gasteiger charge is 2.19. The molecule has 2 N–H and O–H groups in total. The van der Waals surface area contributed by atoms with Crippen molar-refractivity contribution in [3.8, 4) is 0 Å². The van der Waals surface area contributed by atoms with Crippen LogP contribution in [0.4, 0.5) is 11.5 Å². The van der Waals surface area contributed by atoms with Gasteiger partial charge in [0.05, 0.1) is 4.92 Å². The molecule has 104 valence electrons. The highest BCUT2D eigenvalue weighted by atomic mass is 16.6. The molecule has 0 radical (unpaired) electrons. The largest absolute Gasteiger partial charge is 0.478 e. The van der Waals surface area contributed by atoms with Crippen LogP contribution < -0.4 is 5.32 Å². The Morgan fingerprint density at radius 3 is 2.74 bits per heavy atom. The average molecular weight is 267 g/mol. The molecular weight excluding hydrogens is 250 g/mol. The van der Waals surface area contributed by atoms with Gasteiger partial charge in [-0.25, -0.2) is 9.78 Å². The highest BCUT2D eigenvalue weighted by molar-refractivity contribution is 5.93. The van der Waals surface area contributed by atoms with Gasteiger partial charge in [0.1, 0.15) is 17.6 Å². The highest BCUT2D eigenvalue weighted by Crippen LogP contribution is 2.21. The molecule has 1 aromatic rings. The quantitative estimate of drug-likeness (QED) is 0.581. The van der Waals surface area contributed by atoms with Crippen molar-refractivity contribution in [2.24, 2.45) is 0 Å². The third kappa shape index (κ3) is 3.90. The predicted octanol–water partition coefficient (Wildman–Crippen LogP) is 2.68. The van der Waals surface area contributed by atoms with Gasteiger partial charge in [-0.2, -0.15) is 0 Å². The molecule has 0 aliphatic heterocycles. The molecule has 1 atom stereocenters. The van der Waals surface area contributed by atoms with E-state index >= 15 is 0 Å². The summed E-state index contributed by atoms with van der Waals surface area (Å²) in [5.41, 5.74) is -0.504. The summed E-state index contributed by atoms with van der Waals surface area (Å²) in [7, 11) is 0. The summed E-state index contributed by atoms with van der Waals surface area (Å²) in [6, 6.07) is 1.13. The Morgan fingerprint density at radius 1 is 1.58 bits per heavy atom. The van der Waals surface area contributed by atoms with E-state index in [2.05, 4.69) is 10.3 Å². The van der Waals surface area contributed by atoms with Crippen LogP contribution in [0.15, 0.2) is 12.3 Å². The number of rotatable bonds is 7. The second-order valence-electron chi connectivity index (χ2n) is 4.19. The Kier molecular flexibility index (Phi) is 5.23. The fourth-order valence-electron chi connectivity index (χ4n) is 1.75. The zero-order chi connectivity index (χ0) is 14.4. The number of aromatic nitrogens is 1. The van der Waals surface area contributed by atoms with Crippen molar-refractivity contribution in [3.05, 3.63) is 27.9 Å². The van der Waals surface area contributed by atoms with Crippen LogP contribution in [0.5, 0.6) is 0 Å². The average Bonchev–Trinajstić information content (AvgIpc) is 2.37. The predicted molar refractivity (Wildman–Crippen MR) is 70.5 cm³/mol. The van der Waals surface area contributed by atoms with Gasteiger partial charge in [0, 0.05) is 12.1 Å². The summed E-state index contributed by atoms with van der Waals surface area (Å²) in [5.74, 6) is -1.05. The van der Waals surface area contributed by atoms with Crippen LogP contribution in [-0.2, 0) is 0 Å². The second kappa shape index (κ2) is 6.67. The summed E-state index contributed by atoms with van der Waals surface area (Å²) < 4.78 is 0. The number of carboxylic acids is 1. The molecule has 1 rings (SSSR count). The van der Waals surface area contributed by atoms with E-state index in [0.717, 1.165) is 31.5 Å². The minimum absolute atomic E-state index is 0.108. The molecule has 0 spiro atoms. The smallest absolute Gasteiger partial charge is 0.339 e. The van der Waals surface area contributed by atoms with Gasteiger partial charge in [-0.05, 0) is 12.8 Å². The molecule has 7 heteroatoms. The van der Waals surface area contributed by atoms with E-state index in [1.54, 1.807) is 0 Å². The molecule has 0 amide bonds. The lowest BCUT2D eigenvalue weighted by Gasteiger charge is -2.17. The van der Waals surface area contributed by atoms with Crippen LogP contribution in [0.3, 0.4) is 0 Å². The lowest BCUT2D eigenvalue weighted by Crippen LogP contribution is -2.21. The SMILES string of the molecule is CCCC(CC)Nc1ncc([N+](=O)[O-])cc1C(=O)O. The third-order valence-electron chi connectivity index (χ3n) is 2.79. The lowest BCUT2D eigenvalue weighted by molar-refractivity contribution is -0.385. The van der Waals surface area contributed by atoms with E-state index in [9.17, 15) is 14.9 Å². The van der Waals surface area contributed by atoms with Crippen molar-refractivity contribution in [3.63, 3.8) is 0 Å². The first kappa shape index (κ1) is 14.9. The zero-order valence-electron chi connectivity index (χ0n) is 10.9. The summed E-state index contributed by atoms with van der Waals surface area (Å²) in [4.78, 5) is 24.9. The van der Waals surface area contributed by atoms with Crippen molar-refractivity contribution in [1.29, 1.82) is 0 Å². The molecule has 1 aromatic heterocycles. The summed E-state index contributed by atoms with van der Waals surface area (Å²) in [5, 5.41) is 22.7. The fourth-order valence-corrected chi connectivity index (χ4v) is 1.75.